The number of rotatable bonds is 4. The van der Waals surface area contributed by atoms with Crippen LogP contribution < -0.4 is 20.9 Å². The molecule has 0 aliphatic carbocycles. The number of anilines is 1. The molecule has 1 aliphatic rings. The van der Waals surface area contributed by atoms with Gasteiger partial charge in [0.05, 0.1) is 26.9 Å². The second-order valence-corrected chi connectivity index (χ2v) is 6.83. The average Bonchev–Trinajstić information content (AvgIpc) is 3.10. The molecule has 0 saturated carbocycles. The molecule has 3 aromatic rings. The maximum absolute atomic E-state index is 12.7. The van der Waals surface area contributed by atoms with Crippen LogP contribution in [0, 0.1) is 0 Å². The molecule has 4 rings (SSSR count). The van der Waals surface area contributed by atoms with E-state index in [1.165, 1.54) is 18.7 Å². The molecule has 1 fully saturated rings. The first-order valence-corrected chi connectivity index (χ1v) is 9.13. The van der Waals surface area contributed by atoms with E-state index in [2.05, 4.69) is 22.0 Å². The number of fused-ring (bicyclic) bond motifs is 1. The molecule has 0 radical (unpaired) electrons. The SMILES string of the molecule is COc1nc2c(c(=O)n(C)c(=O)n2C)n1Cc1ccc(N2CCOCC2)cc1. The molecular weight excluding hydrogens is 362 g/mol. The van der Waals surface area contributed by atoms with Crippen LogP contribution >= 0.6 is 0 Å². The number of ether oxygens (including phenoxy) is 2. The van der Waals surface area contributed by atoms with Crippen LogP contribution in [0.2, 0.25) is 0 Å². The minimum atomic E-state index is -0.417. The highest BCUT2D eigenvalue weighted by Crippen LogP contribution is 2.21. The molecule has 28 heavy (non-hydrogen) atoms. The maximum atomic E-state index is 12.7. The van der Waals surface area contributed by atoms with Crippen LogP contribution in [0.15, 0.2) is 33.9 Å². The Bertz CT molecular complexity index is 1120. The first-order chi connectivity index (χ1) is 13.5. The summed E-state index contributed by atoms with van der Waals surface area (Å²) in [4.78, 5) is 31.5. The van der Waals surface area contributed by atoms with Crippen LogP contribution in [0.5, 0.6) is 6.01 Å². The lowest BCUT2D eigenvalue weighted by Crippen LogP contribution is -2.37. The summed E-state index contributed by atoms with van der Waals surface area (Å²) in [6.07, 6.45) is 0. The van der Waals surface area contributed by atoms with Crippen LogP contribution in [-0.2, 0) is 25.4 Å². The number of morpholine rings is 1. The van der Waals surface area contributed by atoms with Gasteiger partial charge >= 0.3 is 5.69 Å². The van der Waals surface area contributed by atoms with Gasteiger partial charge in [0, 0.05) is 32.9 Å². The highest BCUT2D eigenvalue weighted by molar-refractivity contribution is 5.72. The summed E-state index contributed by atoms with van der Waals surface area (Å²) in [6, 6.07) is 8.50. The number of nitrogens with zero attached hydrogens (tertiary/aromatic N) is 5. The first kappa shape index (κ1) is 18.3. The van der Waals surface area contributed by atoms with Crippen molar-refractivity contribution in [3.8, 4) is 6.01 Å². The molecule has 148 valence electrons. The van der Waals surface area contributed by atoms with Gasteiger partial charge in [0.2, 0.25) is 0 Å². The quantitative estimate of drug-likeness (QED) is 0.644. The van der Waals surface area contributed by atoms with E-state index in [1.807, 2.05) is 12.1 Å². The summed E-state index contributed by atoms with van der Waals surface area (Å²) in [7, 11) is 4.56. The van der Waals surface area contributed by atoms with Crippen molar-refractivity contribution in [2.75, 3.05) is 38.3 Å². The van der Waals surface area contributed by atoms with Crippen LogP contribution in [-0.4, -0.2) is 52.1 Å². The fraction of sp³-hybridized carbons (Fsp3) is 0.421. The molecule has 2 aromatic heterocycles. The zero-order valence-corrected chi connectivity index (χ0v) is 16.2. The number of benzene rings is 1. The van der Waals surface area contributed by atoms with Crippen LogP contribution in [0.4, 0.5) is 5.69 Å². The molecule has 1 aromatic carbocycles. The van der Waals surface area contributed by atoms with Crippen molar-refractivity contribution >= 4 is 16.9 Å². The van der Waals surface area contributed by atoms with Gasteiger partial charge in [-0.25, -0.2) is 4.79 Å². The van der Waals surface area contributed by atoms with Crippen LogP contribution in [0.3, 0.4) is 0 Å². The molecule has 0 atom stereocenters. The van der Waals surface area contributed by atoms with E-state index in [9.17, 15) is 9.59 Å². The third-order valence-electron chi connectivity index (χ3n) is 5.15. The van der Waals surface area contributed by atoms with E-state index < -0.39 is 5.69 Å². The number of aryl methyl sites for hydroxylation is 1. The summed E-state index contributed by atoms with van der Waals surface area (Å²) in [6.45, 7) is 3.65. The fourth-order valence-electron chi connectivity index (χ4n) is 3.55. The third-order valence-corrected chi connectivity index (χ3v) is 5.15. The lowest BCUT2D eigenvalue weighted by molar-refractivity contribution is 0.122. The third kappa shape index (κ3) is 2.97. The van der Waals surface area contributed by atoms with Crippen molar-refractivity contribution in [3.63, 3.8) is 0 Å². The number of aromatic nitrogens is 4. The zero-order chi connectivity index (χ0) is 19.8. The van der Waals surface area contributed by atoms with Gasteiger partial charge in [0.15, 0.2) is 11.2 Å². The van der Waals surface area contributed by atoms with Gasteiger partial charge in [-0.1, -0.05) is 12.1 Å². The van der Waals surface area contributed by atoms with Crippen LogP contribution in [0.25, 0.3) is 11.2 Å². The standard InChI is InChI=1S/C19H23N5O4/c1-21-16-15(17(25)22(2)19(21)26)24(18(20-16)27-3)12-13-4-6-14(7-5-13)23-8-10-28-11-9-23/h4-7H,8-12H2,1-3H3. The number of hydrogen-bond donors (Lipinski definition) is 0. The Balaban J connectivity index is 1.73. The lowest BCUT2D eigenvalue weighted by Gasteiger charge is -2.28. The van der Waals surface area contributed by atoms with E-state index in [0.717, 1.165) is 42.1 Å². The predicted octanol–water partition coefficient (Wildman–Crippen LogP) is 0.327. The zero-order valence-electron chi connectivity index (χ0n) is 16.2. The van der Waals surface area contributed by atoms with Gasteiger partial charge in [0.1, 0.15) is 0 Å². The summed E-state index contributed by atoms with van der Waals surface area (Å²) < 4.78 is 14.9. The smallest absolute Gasteiger partial charge is 0.332 e. The minimum absolute atomic E-state index is 0.297. The summed E-state index contributed by atoms with van der Waals surface area (Å²) >= 11 is 0. The molecule has 0 spiro atoms. The van der Waals surface area contributed by atoms with Gasteiger partial charge in [-0.3, -0.25) is 18.5 Å². The normalized spacial score (nSPS) is 14.6. The Labute approximate surface area is 161 Å². The van der Waals surface area contributed by atoms with Crippen molar-refractivity contribution in [3.05, 3.63) is 50.7 Å². The Morgan fingerprint density at radius 1 is 1.07 bits per heavy atom. The first-order valence-electron chi connectivity index (χ1n) is 9.13. The summed E-state index contributed by atoms with van der Waals surface area (Å²) in [5, 5.41) is 0. The van der Waals surface area contributed by atoms with Gasteiger partial charge in [0.25, 0.3) is 11.6 Å². The van der Waals surface area contributed by atoms with Crippen molar-refractivity contribution in [1.29, 1.82) is 0 Å². The van der Waals surface area contributed by atoms with E-state index in [0.29, 0.717) is 23.7 Å². The molecule has 1 aliphatic heterocycles. The second kappa shape index (κ2) is 7.16. The van der Waals surface area contributed by atoms with E-state index in [4.69, 9.17) is 9.47 Å². The van der Waals surface area contributed by atoms with Gasteiger partial charge in [-0.2, -0.15) is 4.98 Å². The number of imidazole rings is 1. The molecule has 0 unspecified atom stereocenters. The number of methoxy groups -OCH3 is 1. The Morgan fingerprint density at radius 3 is 2.39 bits per heavy atom. The minimum Gasteiger partial charge on any atom is -0.468 e. The Hall–Kier alpha value is -3.07. The van der Waals surface area contributed by atoms with Crippen molar-refractivity contribution in [2.24, 2.45) is 14.1 Å². The lowest BCUT2D eigenvalue weighted by atomic mass is 10.2. The van der Waals surface area contributed by atoms with E-state index in [-0.39, 0.29) is 5.56 Å². The van der Waals surface area contributed by atoms with E-state index in [1.54, 1.807) is 11.6 Å². The predicted molar refractivity (Wildman–Crippen MR) is 105 cm³/mol. The molecule has 9 heteroatoms. The molecule has 1 saturated heterocycles. The molecule has 9 nitrogen and oxygen atoms in total. The summed E-state index contributed by atoms with van der Waals surface area (Å²) in [5.41, 5.74) is 2.01. The topological polar surface area (TPSA) is 83.5 Å². The van der Waals surface area contributed by atoms with Gasteiger partial charge in [-0.05, 0) is 17.7 Å². The fourth-order valence-corrected chi connectivity index (χ4v) is 3.55. The van der Waals surface area contributed by atoms with E-state index >= 15 is 0 Å². The molecular formula is C19H23N5O4. The molecule has 0 amide bonds. The van der Waals surface area contributed by atoms with Gasteiger partial charge < -0.3 is 14.4 Å². The van der Waals surface area contributed by atoms with Gasteiger partial charge in [-0.15, -0.1) is 0 Å². The highest BCUT2D eigenvalue weighted by Gasteiger charge is 2.20. The summed E-state index contributed by atoms with van der Waals surface area (Å²) in [5.74, 6) is 0. The molecule has 3 heterocycles. The maximum Gasteiger partial charge on any atom is 0.332 e. The van der Waals surface area contributed by atoms with Crippen molar-refractivity contribution in [1.82, 2.24) is 18.7 Å². The van der Waals surface area contributed by atoms with Crippen molar-refractivity contribution in [2.45, 2.75) is 6.54 Å². The van der Waals surface area contributed by atoms with Crippen molar-refractivity contribution < 1.29 is 9.47 Å². The second-order valence-electron chi connectivity index (χ2n) is 6.83. The average molecular weight is 385 g/mol. The Morgan fingerprint density at radius 2 is 1.75 bits per heavy atom. The number of hydrogen-bond acceptors (Lipinski definition) is 6. The Kier molecular flexibility index (Phi) is 4.68. The monoisotopic (exact) mass is 385 g/mol. The highest BCUT2D eigenvalue weighted by atomic mass is 16.5. The largest absolute Gasteiger partial charge is 0.468 e. The molecule has 0 N–H and O–H groups in total. The molecule has 0 bridgehead atoms. The van der Waals surface area contributed by atoms with Crippen LogP contribution in [0.1, 0.15) is 5.56 Å².